The molecule has 2 N–H and O–H groups in total. The molecule has 1 saturated heterocycles. The Morgan fingerprint density at radius 3 is 2.62 bits per heavy atom. The van der Waals surface area contributed by atoms with E-state index in [0.29, 0.717) is 5.69 Å². The summed E-state index contributed by atoms with van der Waals surface area (Å²) in [5.41, 5.74) is 6.05. The molecule has 0 aliphatic carbocycles. The number of hydrogen-bond acceptors (Lipinski definition) is 4. The molecule has 2 aromatic rings. The molecule has 0 saturated carbocycles. The van der Waals surface area contributed by atoms with Gasteiger partial charge in [0.25, 0.3) is 5.91 Å². The molecular weight excluding hydrogens is 327 g/mol. The van der Waals surface area contributed by atoms with Crippen LogP contribution in [0.15, 0.2) is 18.5 Å². The van der Waals surface area contributed by atoms with Gasteiger partial charge in [-0.15, -0.1) is 0 Å². The third-order valence-corrected chi connectivity index (χ3v) is 4.13. The van der Waals surface area contributed by atoms with E-state index in [2.05, 4.69) is 10.1 Å². The van der Waals surface area contributed by atoms with Gasteiger partial charge in [0.15, 0.2) is 5.65 Å². The van der Waals surface area contributed by atoms with Crippen molar-refractivity contribution >= 4 is 17.5 Å². The van der Waals surface area contributed by atoms with Gasteiger partial charge in [-0.2, -0.15) is 18.3 Å². The van der Waals surface area contributed by atoms with E-state index in [1.807, 2.05) is 0 Å². The first-order chi connectivity index (χ1) is 11.2. The average Bonchev–Trinajstić information content (AvgIpc) is 3.10. The summed E-state index contributed by atoms with van der Waals surface area (Å²) in [4.78, 5) is 29.1. The molecule has 24 heavy (non-hydrogen) atoms. The molecular formula is C14H14F3N5O2. The van der Waals surface area contributed by atoms with Crippen molar-refractivity contribution in [2.45, 2.75) is 13.1 Å². The summed E-state index contributed by atoms with van der Waals surface area (Å²) in [6, 6.07) is 1.69. The number of halogens is 3. The van der Waals surface area contributed by atoms with E-state index < -0.39 is 36.4 Å². The molecule has 1 aliphatic heterocycles. The fourth-order valence-corrected chi connectivity index (χ4v) is 2.87. The Kier molecular flexibility index (Phi) is 3.69. The normalized spacial score (nSPS) is 21.4. The van der Waals surface area contributed by atoms with Crippen LogP contribution in [0.4, 0.5) is 13.2 Å². The number of carbonyl (C=O) groups excluding carboxylic acids is 2. The summed E-state index contributed by atoms with van der Waals surface area (Å²) >= 11 is 0. The largest absolute Gasteiger partial charge is 0.394 e. The third kappa shape index (κ3) is 2.68. The van der Waals surface area contributed by atoms with Crippen molar-refractivity contribution in [3.63, 3.8) is 0 Å². The fourth-order valence-electron chi connectivity index (χ4n) is 2.87. The number of nitrogens with zero attached hydrogens (tertiary/aromatic N) is 4. The first-order valence-electron chi connectivity index (χ1n) is 7.15. The van der Waals surface area contributed by atoms with Crippen molar-refractivity contribution in [1.29, 1.82) is 0 Å². The van der Waals surface area contributed by atoms with E-state index in [1.165, 1.54) is 10.7 Å². The summed E-state index contributed by atoms with van der Waals surface area (Å²) < 4.78 is 40.6. The van der Waals surface area contributed by atoms with Crippen molar-refractivity contribution in [2.75, 3.05) is 13.1 Å². The number of nitrogens with two attached hydrogens (primary N) is 1. The second-order valence-corrected chi connectivity index (χ2v) is 5.76. The van der Waals surface area contributed by atoms with Crippen molar-refractivity contribution in [3.8, 4) is 0 Å². The monoisotopic (exact) mass is 341 g/mol. The molecule has 2 amide bonds. The molecule has 2 aromatic heterocycles. The summed E-state index contributed by atoms with van der Waals surface area (Å²) in [6.07, 6.45) is -1.75. The molecule has 0 radical (unpaired) electrons. The number of hydrogen-bond donors (Lipinski definition) is 1. The van der Waals surface area contributed by atoms with E-state index in [1.54, 1.807) is 19.2 Å². The van der Waals surface area contributed by atoms with Gasteiger partial charge in [0.1, 0.15) is 5.56 Å². The molecule has 2 atom stereocenters. The first kappa shape index (κ1) is 16.2. The van der Waals surface area contributed by atoms with Gasteiger partial charge in [-0.25, -0.2) is 9.50 Å². The highest BCUT2D eigenvalue weighted by molar-refractivity contribution is 6.00. The lowest BCUT2D eigenvalue weighted by Crippen LogP contribution is -2.37. The van der Waals surface area contributed by atoms with Gasteiger partial charge >= 0.3 is 6.18 Å². The highest BCUT2D eigenvalue weighted by Gasteiger charge is 2.53. The predicted molar refractivity (Wildman–Crippen MR) is 75.9 cm³/mol. The van der Waals surface area contributed by atoms with E-state index in [0.717, 1.165) is 4.90 Å². The van der Waals surface area contributed by atoms with Crippen molar-refractivity contribution in [2.24, 2.45) is 17.6 Å². The Morgan fingerprint density at radius 2 is 2.04 bits per heavy atom. The lowest BCUT2D eigenvalue weighted by molar-refractivity contribution is -0.182. The van der Waals surface area contributed by atoms with Crippen LogP contribution in [0.2, 0.25) is 0 Å². The van der Waals surface area contributed by atoms with Gasteiger partial charge in [-0.05, 0) is 13.0 Å². The number of aromatic nitrogens is 3. The van der Waals surface area contributed by atoms with E-state index in [9.17, 15) is 22.8 Å². The van der Waals surface area contributed by atoms with Gasteiger partial charge in [0.2, 0.25) is 5.91 Å². The second-order valence-electron chi connectivity index (χ2n) is 5.76. The summed E-state index contributed by atoms with van der Waals surface area (Å²) in [7, 11) is 0. The van der Waals surface area contributed by atoms with Gasteiger partial charge in [0, 0.05) is 25.0 Å². The van der Waals surface area contributed by atoms with Crippen molar-refractivity contribution in [3.05, 3.63) is 29.7 Å². The van der Waals surface area contributed by atoms with Gasteiger partial charge in [0.05, 0.1) is 18.0 Å². The molecule has 0 bridgehead atoms. The number of aryl methyl sites for hydroxylation is 1. The number of carbonyl (C=O) groups is 2. The van der Waals surface area contributed by atoms with Gasteiger partial charge in [-0.1, -0.05) is 0 Å². The van der Waals surface area contributed by atoms with Gasteiger partial charge < -0.3 is 10.6 Å². The Hall–Kier alpha value is -2.65. The van der Waals surface area contributed by atoms with Crippen LogP contribution in [-0.4, -0.2) is 50.6 Å². The SMILES string of the molecule is Cc1ccn2ncc(C(=O)N3C[C@H](C(N)=O)[C@@H](C(F)(F)F)C3)c2n1. The van der Waals surface area contributed by atoms with Crippen LogP contribution in [0.1, 0.15) is 16.1 Å². The summed E-state index contributed by atoms with van der Waals surface area (Å²) in [6.45, 7) is 0.737. The van der Waals surface area contributed by atoms with Crippen LogP contribution in [0.5, 0.6) is 0 Å². The highest BCUT2D eigenvalue weighted by Crippen LogP contribution is 2.38. The van der Waals surface area contributed by atoms with E-state index in [-0.39, 0.29) is 17.8 Å². The number of primary amides is 1. The lowest BCUT2D eigenvalue weighted by Gasteiger charge is -2.18. The minimum atomic E-state index is -4.61. The van der Waals surface area contributed by atoms with E-state index >= 15 is 0 Å². The molecule has 7 nitrogen and oxygen atoms in total. The number of amides is 2. The maximum absolute atomic E-state index is 13.1. The average molecular weight is 341 g/mol. The number of likely N-dealkylation sites (tertiary alicyclic amines) is 1. The molecule has 1 aliphatic rings. The van der Waals surface area contributed by atoms with Crippen LogP contribution < -0.4 is 5.73 Å². The molecule has 0 unspecified atom stereocenters. The molecule has 0 aromatic carbocycles. The predicted octanol–water partition coefficient (Wildman–Crippen LogP) is 0.774. The topological polar surface area (TPSA) is 93.6 Å². The number of rotatable bonds is 2. The summed E-state index contributed by atoms with van der Waals surface area (Å²) in [5, 5.41) is 3.97. The Balaban J connectivity index is 1.92. The van der Waals surface area contributed by atoms with Crippen LogP contribution in [-0.2, 0) is 4.79 Å². The maximum Gasteiger partial charge on any atom is 0.394 e. The van der Waals surface area contributed by atoms with Crippen LogP contribution >= 0.6 is 0 Å². The Morgan fingerprint density at radius 1 is 1.33 bits per heavy atom. The number of fused-ring (bicyclic) bond motifs is 1. The minimum Gasteiger partial charge on any atom is -0.369 e. The number of alkyl halides is 3. The zero-order chi connectivity index (χ0) is 17.6. The fraction of sp³-hybridized carbons (Fsp3) is 0.429. The quantitative estimate of drug-likeness (QED) is 0.873. The minimum absolute atomic E-state index is 0.0877. The standard InChI is InChI=1S/C14H14F3N5O2/c1-7-2-3-22-12(20-7)8(4-19-22)13(24)21-5-9(11(18)23)10(6-21)14(15,16)17/h2-4,9-10H,5-6H2,1H3,(H2,18,23)/t9-,10-/m0/s1. The molecule has 3 heterocycles. The zero-order valence-corrected chi connectivity index (χ0v) is 12.6. The molecule has 1 fully saturated rings. The van der Waals surface area contributed by atoms with Crippen LogP contribution in [0.25, 0.3) is 5.65 Å². The van der Waals surface area contributed by atoms with Crippen LogP contribution in [0, 0.1) is 18.8 Å². The van der Waals surface area contributed by atoms with Crippen molar-refractivity contribution in [1.82, 2.24) is 19.5 Å². The zero-order valence-electron chi connectivity index (χ0n) is 12.6. The first-order valence-corrected chi connectivity index (χ1v) is 7.15. The van der Waals surface area contributed by atoms with E-state index in [4.69, 9.17) is 5.73 Å². The third-order valence-electron chi connectivity index (χ3n) is 4.13. The van der Waals surface area contributed by atoms with Crippen molar-refractivity contribution < 1.29 is 22.8 Å². The van der Waals surface area contributed by atoms with Crippen LogP contribution in [0.3, 0.4) is 0 Å². The Labute approximate surface area is 134 Å². The smallest absolute Gasteiger partial charge is 0.369 e. The molecule has 128 valence electrons. The molecule has 3 rings (SSSR count). The van der Waals surface area contributed by atoms with Gasteiger partial charge in [-0.3, -0.25) is 9.59 Å². The maximum atomic E-state index is 13.1. The molecule has 0 spiro atoms. The summed E-state index contributed by atoms with van der Waals surface area (Å²) in [5.74, 6) is -5.14. The second kappa shape index (κ2) is 5.46. The highest BCUT2D eigenvalue weighted by atomic mass is 19.4. The molecule has 10 heteroatoms. The lowest BCUT2D eigenvalue weighted by atomic mass is 9.95. The Bertz CT molecular complexity index is 816.